The Morgan fingerprint density at radius 2 is 1.94 bits per heavy atom. The molecule has 0 bridgehead atoms. The highest BCUT2D eigenvalue weighted by Crippen LogP contribution is 2.11. The summed E-state index contributed by atoms with van der Waals surface area (Å²) in [5.74, 6) is 0. The van der Waals surface area contributed by atoms with Gasteiger partial charge in [0.25, 0.3) is 0 Å². The van der Waals surface area contributed by atoms with Gasteiger partial charge in [0.05, 0.1) is 6.61 Å². The smallest absolute Gasteiger partial charge is 0.366 e. The first-order valence-corrected chi connectivity index (χ1v) is 7.23. The zero-order valence-electron chi connectivity index (χ0n) is 10.6. The highest BCUT2D eigenvalue weighted by Gasteiger charge is 2.44. The Morgan fingerprint density at radius 1 is 1.38 bits per heavy atom. The first-order chi connectivity index (χ1) is 7.47. The molecule has 5 nitrogen and oxygen atoms in total. The minimum absolute atomic E-state index is 0.156. The lowest BCUT2D eigenvalue weighted by Crippen LogP contribution is -2.52. The second kappa shape index (κ2) is 7.94. The summed E-state index contributed by atoms with van der Waals surface area (Å²) >= 11 is 0. The summed E-state index contributed by atoms with van der Waals surface area (Å²) in [6, 6.07) is 0. The molecule has 0 radical (unpaired) electrons. The maximum Gasteiger partial charge on any atom is 0.694 e. The molecule has 0 aliphatic carbocycles. The van der Waals surface area contributed by atoms with Gasteiger partial charge in [-0.25, -0.2) is 0 Å². The molecular formula is C10H23NO4Si. The number of rotatable bonds is 9. The van der Waals surface area contributed by atoms with E-state index in [0.717, 1.165) is 0 Å². The molecule has 0 fully saturated rings. The van der Waals surface area contributed by atoms with Gasteiger partial charge in [-0.2, -0.15) is 5.06 Å². The van der Waals surface area contributed by atoms with E-state index >= 15 is 0 Å². The number of hydroxylamine groups is 2. The van der Waals surface area contributed by atoms with E-state index in [1.807, 2.05) is 27.7 Å². The summed E-state index contributed by atoms with van der Waals surface area (Å²) in [4.78, 5) is 10.1. The molecule has 1 unspecified atom stereocenters. The largest absolute Gasteiger partial charge is 0.694 e. The van der Waals surface area contributed by atoms with E-state index in [-0.39, 0.29) is 12.7 Å². The van der Waals surface area contributed by atoms with Crippen LogP contribution in [0.5, 0.6) is 0 Å². The Morgan fingerprint density at radius 3 is 2.31 bits per heavy atom. The van der Waals surface area contributed by atoms with E-state index in [1.54, 1.807) is 11.1 Å². The van der Waals surface area contributed by atoms with Crippen molar-refractivity contribution in [2.75, 3.05) is 19.7 Å². The molecular weight excluding hydrogens is 226 g/mol. The molecule has 0 amide bonds. The van der Waals surface area contributed by atoms with Crippen LogP contribution in [0.15, 0.2) is 12.7 Å². The van der Waals surface area contributed by atoms with Crippen molar-refractivity contribution in [3.63, 3.8) is 0 Å². The lowest BCUT2D eigenvalue weighted by molar-refractivity contribution is -0.154. The van der Waals surface area contributed by atoms with Crippen molar-refractivity contribution < 1.29 is 18.2 Å². The summed E-state index contributed by atoms with van der Waals surface area (Å²) in [6.45, 7) is 12.5. The Balaban J connectivity index is 4.43. The molecule has 0 aromatic heterocycles. The molecule has 96 valence electrons. The van der Waals surface area contributed by atoms with Gasteiger partial charge in [-0.15, -0.1) is 6.58 Å². The standard InChI is InChI=1S/C10H23NO4Si/c1-6-9-13-16(12,14-10(4)5)15-11(7-2)8-3/h6,10,12H,1,7-9H2,2-5H3. The van der Waals surface area contributed by atoms with Crippen LogP contribution in [0.25, 0.3) is 0 Å². The molecule has 0 spiro atoms. The average Bonchev–Trinajstić information content (AvgIpc) is 2.22. The van der Waals surface area contributed by atoms with Crippen molar-refractivity contribution in [3.8, 4) is 0 Å². The molecule has 0 aliphatic heterocycles. The summed E-state index contributed by atoms with van der Waals surface area (Å²) in [5.41, 5.74) is 0. The van der Waals surface area contributed by atoms with E-state index in [1.165, 1.54) is 0 Å². The molecule has 1 atom stereocenters. The minimum atomic E-state index is -3.58. The molecule has 0 aromatic carbocycles. The van der Waals surface area contributed by atoms with Crippen molar-refractivity contribution in [1.82, 2.24) is 5.06 Å². The minimum Gasteiger partial charge on any atom is -0.366 e. The first-order valence-electron chi connectivity index (χ1n) is 5.56. The van der Waals surface area contributed by atoms with Crippen molar-refractivity contribution in [2.24, 2.45) is 0 Å². The van der Waals surface area contributed by atoms with Crippen LogP contribution in [-0.4, -0.2) is 44.7 Å². The molecule has 6 heteroatoms. The van der Waals surface area contributed by atoms with Crippen LogP contribution in [0.4, 0.5) is 0 Å². The molecule has 0 aromatic rings. The third-order valence-corrected chi connectivity index (χ3v) is 3.51. The second-order valence-corrected chi connectivity index (χ2v) is 5.25. The third-order valence-electron chi connectivity index (χ3n) is 1.72. The van der Waals surface area contributed by atoms with Gasteiger partial charge in [-0.1, -0.05) is 19.9 Å². The van der Waals surface area contributed by atoms with Crippen LogP contribution in [0, 0.1) is 0 Å². The average molecular weight is 249 g/mol. The number of nitrogens with zero attached hydrogens (tertiary/aromatic N) is 1. The SMILES string of the molecule is C=CCO[Si](O)(OC(C)C)ON(CC)CC. The predicted molar refractivity (Wildman–Crippen MR) is 64.3 cm³/mol. The fraction of sp³-hybridized carbons (Fsp3) is 0.800. The van der Waals surface area contributed by atoms with Gasteiger partial charge < -0.3 is 13.6 Å². The molecule has 0 saturated heterocycles. The summed E-state index contributed by atoms with van der Waals surface area (Å²) in [7, 11) is -3.58. The van der Waals surface area contributed by atoms with Gasteiger partial charge in [-0.05, 0) is 13.8 Å². The predicted octanol–water partition coefficient (Wildman–Crippen LogP) is 1.32. The van der Waals surface area contributed by atoms with Crippen LogP contribution < -0.4 is 0 Å². The fourth-order valence-corrected chi connectivity index (χ4v) is 2.73. The quantitative estimate of drug-likeness (QED) is 0.379. The first kappa shape index (κ1) is 15.8. The van der Waals surface area contributed by atoms with Gasteiger partial charge in [-0.3, -0.25) is 4.53 Å². The summed E-state index contributed by atoms with van der Waals surface area (Å²) < 4.78 is 15.9. The Hall–Kier alpha value is -0.243. The van der Waals surface area contributed by atoms with Gasteiger partial charge in [0.15, 0.2) is 0 Å². The van der Waals surface area contributed by atoms with Crippen molar-refractivity contribution in [1.29, 1.82) is 0 Å². The maximum atomic E-state index is 10.1. The molecule has 0 saturated carbocycles. The van der Waals surface area contributed by atoms with E-state index in [4.69, 9.17) is 13.4 Å². The number of hydrogen-bond donors (Lipinski definition) is 1. The van der Waals surface area contributed by atoms with Crippen molar-refractivity contribution in [3.05, 3.63) is 12.7 Å². The van der Waals surface area contributed by atoms with Crippen LogP contribution in [0.3, 0.4) is 0 Å². The Kier molecular flexibility index (Phi) is 7.82. The van der Waals surface area contributed by atoms with Crippen LogP contribution in [0.2, 0.25) is 0 Å². The zero-order valence-corrected chi connectivity index (χ0v) is 11.6. The number of hydrogen-bond acceptors (Lipinski definition) is 5. The molecule has 0 heterocycles. The Bertz CT molecular complexity index is 199. The van der Waals surface area contributed by atoms with Gasteiger partial charge >= 0.3 is 9.05 Å². The molecule has 0 rings (SSSR count). The normalized spacial score (nSPS) is 15.4. The monoisotopic (exact) mass is 249 g/mol. The highest BCUT2D eigenvalue weighted by molar-refractivity contribution is 6.51. The molecule has 1 N–H and O–H groups in total. The fourth-order valence-electron chi connectivity index (χ4n) is 1.06. The molecule has 0 aliphatic rings. The zero-order chi connectivity index (χ0) is 12.6. The third kappa shape index (κ3) is 6.36. The van der Waals surface area contributed by atoms with Gasteiger partial charge in [0, 0.05) is 19.2 Å². The topological polar surface area (TPSA) is 51.2 Å². The summed E-state index contributed by atoms with van der Waals surface area (Å²) in [6.07, 6.45) is 1.39. The van der Waals surface area contributed by atoms with Crippen molar-refractivity contribution in [2.45, 2.75) is 33.8 Å². The van der Waals surface area contributed by atoms with E-state index in [9.17, 15) is 4.80 Å². The van der Waals surface area contributed by atoms with Crippen LogP contribution >= 0.6 is 0 Å². The van der Waals surface area contributed by atoms with E-state index < -0.39 is 9.05 Å². The van der Waals surface area contributed by atoms with Crippen molar-refractivity contribution >= 4 is 9.05 Å². The maximum absolute atomic E-state index is 10.1. The van der Waals surface area contributed by atoms with E-state index in [0.29, 0.717) is 13.1 Å². The van der Waals surface area contributed by atoms with E-state index in [2.05, 4.69) is 6.58 Å². The second-order valence-electron chi connectivity index (χ2n) is 3.50. The van der Waals surface area contributed by atoms with Gasteiger partial charge in [0.1, 0.15) is 0 Å². The van der Waals surface area contributed by atoms with Gasteiger partial charge in [0.2, 0.25) is 0 Å². The lowest BCUT2D eigenvalue weighted by Gasteiger charge is -2.29. The van der Waals surface area contributed by atoms with Crippen LogP contribution in [0.1, 0.15) is 27.7 Å². The highest BCUT2D eigenvalue weighted by atomic mass is 28.4. The lowest BCUT2D eigenvalue weighted by atomic mass is 10.5. The van der Waals surface area contributed by atoms with Crippen LogP contribution in [-0.2, 0) is 13.4 Å². The summed E-state index contributed by atoms with van der Waals surface area (Å²) in [5, 5.41) is 1.61. The molecule has 16 heavy (non-hydrogen) atoms. The Labute approximate surface area is 99.1 Å².